The van der Waals surface area contributed by atoms with Crippen molar-refractivity contribution >= 4 is 23.7 Å². The molecule has 0 fully saturated rings. The fourth-order valence-electron chi connectivity index (χ4n) is 0.275. The van der Waals surface area contributed by atoms with Crippen molar-refractivity contribution in [2.75, 3.05) is 0 Å². The minimum absolute atomic E-state index is 0.359. The number of hydrogen-bond acceptors (Lipinski definition) is 3. The van der Waals surface area contributed by atoms with Crippen LogP contribution in [0.2, 0.25) is 0 Å². The van der Waals surface area contributed by atoms with E-state index in [-0.39, 0.29) is 6.42 Å². The van der Waals surface area contributed by atoms with Gasteiger partial charge in [0, 0.05) is 0 Å². The Morgan fingerprint density at radius 2 is 2.11 bits per heavy atom. The number of aliphatic carboxylic acids is 1. The summed E-state index contributed by atoms with van der Waals surface area (Å²) in [6.07, 6.45) is -0.359. The summed E-state index contributed by atoms with van der Waals surface area (Å²) in [5, 5.41) is 7.47. The van der Waals surface area contributed by atoms with E-state index in [4.69, 9.17) is 10.8 Å². The van der Waals surface area contributed by atoms with Crippen molar-refractivity contribution in [2.45, 2.75) is 12.5 Å². The average Bonchev–Trinajstić information content (AvgIpc) is 1.63. The summed E-state index contributed by atoms with van der Waals surface area (Å²) in [5.74, 6) is -1.09. The van der Waals surface area contributed by atoms with Gasteiger partial charge in [-0.3, -0.25) is 9.59 Å². The molecule has 0 bridgehead atoms. The Kier molecular flexibility index (Phi) is 3.26. The highest BCUT2D eigenvalue weighted by atomic mass is 32.1. The molecular weight excluding hydrogens is 142 g/mol. The van der Waals surface area contributed by atoms with E-state index in [0.29, 0.717) is 0 Å². The van der Waals surface area contributed by atoms with Gasteiger partial charge in [-0.05, 0) is 0 Å². The van der Waals surface area contributed by atoms with Gasteiger partial charge in [-0.15, -0.1) is 12.6 Å². The SMILES string of the molecule is N[C@H](CC(=O)O)C(=O)S. The summed E-state index contributed by atoms with van der Waals surface area (Å²) >= 11 is 3.34. The van der Waals surface area contributed by atoms with Gasteiger partial charge in [0.15, 0.2) is 0 Å². The first-order valence-corrected chi connectivity index (χ1v) is 2.69. The molecule has 0 saturated heterocycles. The number of carbonyl (C=O) groups is 2. The van der Waals surface area contributed by atoms with Crippen molar-refractivity contribution < 1.29 is 14.7 Å². The van der Waals surface area contributed by atoms with Crippen LogP contribution in [0.1, 0.15) is 6.42 Å². The van der Waals surface area contributed by atoms with Crippen LogP contribution in [0, 0.1) is 0 Å². The Balaban J connectivity index is 3.63. The van der Waals surface area contributed by atoms with Crippen molar-refractivity contribution in [1.29, 1.82) is 0 Å². The number of thiol groups is 1. The normalized spacial score (nSPS) is 12.7. The number of carboxylic acid groups (broad SMARTS) is 1. The Labute approximate surface area is 57.4 Å². The van der Waals surface area contributed by atoms with Gasteiger partial charge in [-0.25, -0.2) is 0 Å². The van der Waals surface area contributed by atoms with Crippen molar-refractivity contribution in [1.82, 2.24) is 0 Å². The van der Waals surface area contributed by atoms with Gasteiger partial charge in [0.05, 0.1) is 12.5 Å². The van der Waals surface area contributed by atoms with Gasteiger partial charge in [0.1, 0.15) is 0 Å². The predicted molar refractivity (Wildman–Crippen MR) is 34.2 cm³/mol. The van der Waals surface area contributed by atoms with Crippen LogP contribution in [0.5, 0.6) is 0 Å². The molecule has 0 amide bonds. The molecule has 0 unspecified atom stereocenters. The Hall–Kier alpha value is -0.550. The molecule has 0 aromatic heterocycles. The Morgan fingerprint density at radius 3 is 2.22 bits per heavy atom. The first-order chi connectivity index (χ1) is 4.04. The zero-order chi connectivity index (χ0) is 7.44. The number of carboxylic acids is 1. The molecule has 0 aliphatic carbocycles. The van der Waals surface area contributed by atoms with Crippen LogP contribution in [-0.2, 0) is 9.59 Å². The number of nitrogens with two attached hydrogens (primary N) is 1. The molecule has 0 aliphatic rings. The number of hydrogen-bond donors (Lipinski definition) is 3. The van der Waals surface area contributed by atoms with Gasteiger partial charge >= 0.3 is 5.97 Å². The van der Waals surface area contributed by atoms with Gasteiger partial charge < -0.3 is 10.8 Å². The maximum atomic E-state index is 10.2. The van der Waals surface area contributed by atoms with Gasteiger partial charge in [0.25, 0.3) is 0 Å². The molecule has 0 radical (unpaired) electrons. The van der Waals surface area contributed by atoms with E-state index in [0.717, 1.165) is 0 Å². The van der Waals surface area contributed by atoms with Gasteiger partial charge in [-0.2, -0.15) is 0 Å². The van der Waals surface area contributed by atoms with E-state index in [2.05, 4.69) is 12.6 Å². The van der Waals surface area contributed by atoms with Gasteiger partial charge in [0.2, 0.25) is 5.12 Å². The maximum Gasteiger partial charge on any atom is 0.305 e. The summed E-state index contributed by atoms with van der Waals surface area (Å²) in [7, 11) is 0. The van der Waals surface area contributed by atoms with E-state index in [1.165, 1.54) is 0 Å². The molecule has 0 aliphatic heterocycles. The van der Waals surface area contributed by atoms with Crippen LogP contribution in [0.4, 0.5) is 0 Å². The van der Waals surface area contributed by atoms with E-state index in [9.17, 15) is 9.59 Å². The van der Waals surface area contributed by atoms with Crippen molar-refractivity contribution in [3.05, 3.63) is 0 Å². The Bertz CT molecular complexity index is 136. The molecule has 0 aromatic carbocycles. The van der Waals surface area contributed by atoms with Crippen molar-refractivity contribution in [3.8, 4) is 0 Å². The third-order valence-electron chi connectivity index (χ3n) is 0.712. The van der Waals surface area contributed by atoms with Crippen LogP contribution in [0.25, 0.3) is 0 Å². The van der Waals surface area contributed by atoms with Crippen LogP contribution in [0.15, 0.2) is 0 Å². The molecule has 1 atom stereocenters. The fraction of sp³-hybridized carbons (Fsp3) is 0.500. The second-order valence-electron chi connectivity index (χ2n) is 1.54. The minimum Gasteiger partial charge on any atom is -0.481 e. The summed E-state index contributed by atoms with van der Waals surface area (Å²) in [4.78, 5) is 20.0. The second-order valence-corrected chi connectivity index (χ2v) is 1.98. The van der Waals surface area contributed by atoms with Gasteiger partial charge in [-0.1, -0.05) is 0 Å². The number of carbonyl (C=O) groups excluding carboxylic acids is 1. The molecular formula is C4H7NO3S. The zero-order valence-electron chi connectivity index (χ0n) is 4.57. The molecule has 5 heteroatoms. The van der Waals surface area contributed by atoms with E-state index >= 15 is 0 Å². The maximum absolute atomic E-state index is 10.2. The first kappa shape index (κ1) is 8.45. The van der Waals surface area contributed by atoms with Crippen LogP contribution >= 0.6 is 12.6 Å². The molecule has 0 spiro atoms. The molecule has 0 heterocycles. The van der Waals surface area contributed by atoms with E-state index in [1.54, 1.807) is 0 Å². The standard InChI is InChI=1S/C4H7NO3S/c5-2(4(8)9)1-3(6)7/h2H,1,5H2,(H,6,7)(H,8,9)/t2-/m1/s1. The smallest absolute Gasteiger partial charge is 0.305 e. The quantitative estimate of drug-likeness (QED) is 0.461. The summed E-state index contributed by atoms with van der Waals surface area (Å²) < 4.78 is 0. The third-order valence-corrected chi connectivity index (χ3v) is 1.04. The third kappa shape index (κ3) is 3.99. The molecule has 0 saturated carbocycles. The molecule has 52 valence electrons. The van der Waals surface area contributed by atoms with Crippen LogP contribution in [-0.4, -0.2) is 22.2 Å². The molecule has 0 rings (SSSR count). The highest BCUT2D eigenvalue weighted by molar-refractivity contribution is 7.96. The second kappa shape index (κ2) is 3.47. The summed E-state index contributed by atoms with van der Waals surface area (Å²) in [5.41, 5.74) is 5.01. The average molecular weight is 149 g/mol. The molecule has 0 aromatic rings. The monoisotopic (exact) mass is 149 g/mol. The van der Waals surface area contributed by atoms with Crippen LogP contribution < -0.4 is 5.73 Å². The number of rotatable bonds is 3. The minimum atomic E-state index is -1.09. The highest BCUT2D eigenvalue weighted by Crippen LogP contribution is 1.92. The molecule has 3 N–H and O–H groups in total. The summed E-state index contributed by atoms with van der Waals surface area (Å²) in [6, 6.07) is -0.981. The van der Waals surface area contributed by atoms with E-state index < -0.39 is 17.1 Å². The highest BCUT2D eigenvalue weighted by Gasteiger charge is 2.12. The zero-order valence-corrected chi connectivity index (χ0v) is 5.47. The fourth-order valence-corrected chi connectivity index (χ4v) is 0.367. The molecule has 9 heavy (non-hydrogen) atoms. The lowest BCUT2D eigenvalue weighted by molar-refractivity contribution is -0.138. The molecule has 4 nitrogen and oxygen atoms in total. The predicted octanol–water partition coefficient (Wildman–Crippen LogP) is -0.755. The van der Waals surface area contributed by atoms with E-state index in [1.807, 2.05) is 0 Å². The van der Waals surface area contributed by atoms with Crippen LogP contribution in [0.3, 0.4) is 0 Å². The lowest BCUT2D eigenvalue weighted by Gasteiger charge is -1.99. The largest absolute Gasteiger partial charge is 0.481 e. The topological polar surface area (TPSA) is 80.4 Å². The lowest BCUT2D eigenvalue weighted by atomic mass is 10.2. The van der Waals surface area contributed by atoms with Crippen molar-refractivity contribution in [3.63, 3.8) is 0 Å². The Morgan fingerprint density at radius 1 is 1.67 bits per heavy atom. The summed E-state index contributed by atoms with van der Waals surface area (Å²) in [6.45, 7) is 0. The first-order valence-electron chi connectivity index (χ1n) is 2.24. The van der Waals surface area contributed by atoms with Crippen molar-refractivity contribution in [2.24, 2.45) is 5.73 Å². The lowest BCUT2D eigenvalue weighted by Crippen LogP contribution is -2.29.